The Kier molecular flexibility index (Phi) is 5.20. The Morgan fingerprint density at radius 2 is 2.45 bits per heavy atom. The zero-order valence-electron chi connectivity index (χ0n) is 12.5. The number of ether oxygens (including phenoxy) is 1. The van der Waals surface area contributed by atoms with E-state index in [4.69, 9.17) is 9.15 Å². The number of aliphatic hydroxyl groups is 1. The molecule has 1 saturated heterocycles. The molecule has 3 rings (SSSR count). The van der Waals surface area contributed by atoms with Gasteiger partial charge in [-0.1, -0.05) is 6.42 Å². The molecule has 0 radical (unpaired) electrons. The van der Waals surface area contributed by atoms with E-state index in [1.807, 2.05) is 12.1 Å². The Morgan fingerprint density at radius 3 is 3.23 bits per heavy atom. The van der Waals surface area contributed by atoms with Crippen LogP contribution in [0.15, 0.2) is 29.1 Å². The van der Waals surface area contributed by atoms with Gasteiger partial charge in [0.1, 0.15) is 24.5 Å². The molecule has 2 aromatic heterocycles. The number of likely N-dealkylation sites (tertiary alicyclic amines) is 1. The van der Waals surface area contributed by atoms with Crippen LogP contribution in [0.4, 0.5) is 0 Å². The van der Waals surface area contributed by atoms with Gasteiger partial charge in [-0.25, -0.2) is 4.98 Å². The van der Waals surface area contributed by atoms with Crippen molar-refractivity contribution in [3.05, 3.63) is 36.3 Å². The fourth-order valence-electron chi connectivity index (χ4n) is 2.91. The molecule has 3 heterocycles. The molecule has 1 aliphatic rings. The van der Waals surface area contributed by atoms with Crippen molar-refractivity contribution in [1.29, 1.82) is 0 Å². The van der Waals surface area contributed by atoms with Gasteiger partial charge in [-0.2, -0.15) is 5.10 Å². The first-order valence-electron chi connectivity index (χ1n) is 7.70. The van der Waals surface area contributed by atoms with Crippen molar-refractivity contribution in [2.45, 2.75) is 38.0 Å². The highest BCUT2D eigenvalue weighted by Gasteiger charge is 2.27. The van der Waals surface area contributed by atoms with Gasteiger partial charge < -0.3 is 14.3 Å². The van der Waals surface area contributed by atoms with E-state index in [1.165, 1.54) is 12.7 Å². The first-order chi connectivity index (χ1) is 10.8. The number of aromatic amines is 1. The van der Waals surface area contributed by atoms with Crippen molar-refractivity contribution >= 4 is 0 Å². The number of β-amino-alcohol motifs (C(OH)–C–C–N with tert-alkyl or cyclic N) is 1. The number of nitrogens with zero attached hydrogens (tertiary/aromatic N) is 3. The van der Waals surface area contributed by atoms with Crippen LogP contribution < -0.4 is 0 Å². The van der Waals surface area contributed by atoms with E-state index in [0.717, 1.165) is 31.0 Å². The summed E-state index contributed by atoms with van der Waals surface area (Å²) in [7, 11) is 0. The van der Waals surface area contributed by atoms with Crippen molar-refractivity contribution in [3.63, 3.8) is 0 Å². The quantitative estimate of drug-likeness (QED) is 0.806. The minimum atomic E-state index is -0.529. The van der Waals surface area contributed by atoms with Crippen LogP contribution in [0, 0.1) is 0 Å². The molecule has 0 aromatic carbocycles. The number of furan rings is 1. The second kappa shape index (κ2) is 7.53. The third-order valence-corrected chi connectivity index (χ3v) is 3.94. The SMILES string of the molecule is OC(COCc1ccco1)CN1CCCCC1c1ncn[nH]1. The summed E-state index contributed by atoms with van der Waals surface area (Å²) >= 11 is 0. The van der Waals surface area contributed by atoms with Crippen molar-refractivity contribution in [2.75, 3.05) is 19.7 Å². The minimum Gasteiger partial charge on any atom is -0.467 e. The predicted octanol–water partition coefficient (Wildman–Crippen LogP) is 1.50. The number of piperidine rings is 1. The molecule has 0 amide bonds. The lowest BCUT2D eigenvalue weighted by Gasteiger charge is -2.35. The number of hydrogen-bond donors (Lipinski definition) is 2. The molecule has 1 fully saturated rings. The van der Waals surface area contributed by atoms with Crippen LogP contribution in [0.3, 0.4) is 0 Å². The van der Waals surface area contributed by atoms with Gasteiger partial charge in [0.15, 0.2) is 0 Å². The molecular formula is C15H22N4O3. The number of nitrogens with one attached hydrogen (secondary N) is 1. The Balaban J connectivity index is 1.47. The highest BCUT2D eigenvalue weighted by atomic mass is 16.5. The number of H-pyrrole nitrogens is 1. The summed E-state index contributed by atoms with van der Waals surface area (Å²) in [6.07, 6.45) is 5.97. The molecule has 7 nitrogen and oxygen atoms in total. The van der Waals surface area contributed by atoms with Gasteiger partial charge in [0.05, 0.1) is 25.0 Å². The number of rotatable bonds is 7. The fourth-order valence-corrected chi connectivity index (χ4v) is 2.91. The van der Waals surface area contributed by atoms with Crippen LogP contribution in [-0.4, -0.2) is 51.0 Å². The second-order valence-corrected chi connectivity index (χ2v) is 5.63. The van der Waals surface area contributed by atoms with E-state index in [1.54, 1.807) is 6.26 Å². The highest BCUT2D eigenvalue weighted by molar-refractivity contribution is 4.96. The van der Waals surface area contributed by atoms with E-state index >= 15 is 0 Å². The van der Waals surface area contributed by atoms with Gasteiger partial charge in [0.2, 0.25) is 0 Å². The van der Waals surface area contributed by atoms with E-state index in [0.29, 0.717) is 19.8 Å². The standard InChI is InChI=1S/C15H22N4O3/c20-12(9-21-10-13-4-3-7-22-13)8-19-6-2-1-5-14(19)15-16-11-17-18-15/h3-4,7,11-12,14,20H,1-2,5-6,8-10H2,(H,16,17,18). The molecule has 2 atom stereocenters. The second-order valence-electron chi connectivity index (χ2n) is 5.63. The van der Waals surface area contributed by atoms with Crippen LogP contribution in [0.2, 0.25) is 0 Å². The van der Waals surface area contributed by atoms with Gasteiger partial charge in [0, 0.05) is 6.54 Å². The van der Waals surface area contributed by atoms with Crippen LogP contribution >= 0.6 is 0 Å². The Morgan fingerprint density at radius 1 is 1.50 bits per heavy atom. The summed E-state index contributed by atoms with van der Waals surface area (Å²) in [5, 5.41) is 17.1. The summed E-state index contributed by atoms with van der Waals surface area (Å²) in [6, 6.07) is 3.89. The van der Waals surface area contributed by atoms with Crippen molar-refractivity contribution in [3.8, 4) is 0 Å². The van der Waals surface area contributed by atoms with Gasteiger partial charge in [0.25, 0.3) is 0 Å². The zero-order chi connectivity index (χ0) is 15.2. The highest BCUT2D eigenvalue weighted by Crippen LogP contribution is 2.28. The summed E-state index contributed by atoms with van der Waals surface area (Å²) in [4.78, 5) is 6.51. The average Bonchev–Trinajstić information content (AvgIpc) is 3.21. The van der Waals surface area contributed by atoms with Gasteiger partial charge in [-0.05, 0) is 31.5 Å². The maximum Gasteiger partial charge on any atom is 0.141 e. The molecule has 22 heavy (non-hydrogen) atoms. The minimum absolute atomic E-state index is 0.205. The van der Waals surface area contributed by atoms with Crippen molar-refractivity contribution in [1.82, 2.24) is 20.1 Å². The molecule has 2 N–H and O–H groups in total. The normalized spacial score (nSPS) is 21.0. The largest absolute Gasteiger partial charge is 0.467 e. The molecule has 0 bridgehead atoms. The monoisotopic (exact) mass is 306 g/mol. The number of hydrogen-bond acceptors (Lipinski definition) is 6. The smallest absolute Gasteiger partial charge is 0.141 e. The van der Waals surface area contributed by atoms with Gasteiger partial charge in [-0.15, -0.1) is 0 Å². The molecule has 120 valence electrons. The van der Waals surface area contributed by atoms with E-state index in [-0.39, 0.29) is 6.04 Å². The Hall–Kier alpha value is -1.70. The van der Waals surface area contributed by atoms with Crippen LogP contribution in [-0.2, 0) is 11.3 Å². The zero-order valence-corrected chi connectivity index (χ0v) is 12.5. The molecule has 7 heteroatoms. The van der Waals surface area contributed by atoms with Crippen molar-refractivity contribution in [2.24, 2.45) is 0 Å². The maximum atomic E-state index is 10.2. The first kappa shape index (κ1) is 15.2. The predicted molar refractivity (Wildman–Crippen MR) is 78.9 cm³/mol. The van der Waals surface area contributed by atoms with E-state index in [2.05, 4.69) is 20.1 Å². The molecule has 0 spiro atoms. The molecule has 1 aliphatic heterocycles. The number of aliphatic hydroxyl groups excluding tert-OH is 1. The Labute approximate surface area is 129 Å². The summed E-state index contributed by atoms with van der Waals surface area (Å²) in [6.45, 7) is 2.21. The lowest BCUT2D eigenvalue weighted by molar-refractivity contribution is -0.00833. The van der Waals surface area contributed by atoms with E-state index < -0.39 is 6.10 Å². The molecule has 0 aliphatic carbocycles. The summed E-state index contributed by atoms with van der Waals surface area (Å²) in [5.41, 5.74) is 0. The van der Waals surface area contributed by atoms with Gasteiger partial charge >= 0.3 is 0 Å². The molecule has 2 unspecified atom stereocenters. The number of aromatic nitrogens is 3. The van der Waals surface area contributed by atoms with Gasteiger partial charge in [-0.3, -0.25) is 10.00 Å². The maximum absolute atomic E-state index is 10.2. The third kappa shape index (κ3) is 3.94. The Bertz CT molecular complexity index is 529. The topological polar surface area (TPSA) is 87.4 Å². The van der Waals surface area contributed by atoms with Crippen LogP contribution in [0.1, 0.15) is 36.9 Å². The molecule has 0 saturated carbocycles. The first-order valence-corrected chi connectivity index (χ1v) is 7.70. The fraction of sp³-hybridized carbons (Fsp3) is 0.600. The summed E-state index contributed by atoms with van der Waals surface area (Å²) < 4.78 is 10.7. The van der Waals surface area contributed by atoms with Crippen molar-refractivity contribution < 1.29 is 14.3 Å². The molecular weight excluding hydrogens is 284 g/mol. The third-order valence-electron chi connectivity index (χ3n) is 3.94. The average molecular weight is 306 g/mol. The summed E-state index contributed by atoms with van der Waals surface area (Å²) in [5.74, 6) is 1.65. The van der Waals surface area contributed by atoms with E-state index in [9.17, 15) is 5.11 Å². The lowest BCUT2D eigenvalue weighted by atomic mass is 10.0. The van der Waals surface area contributed by atoms with Crippen LogP contribution in [0.25, 0.3) is 0 Å². The van der Waals surface area contributed by atoms with Crippen LogP contribution in [0.5, 0.6) is 0 Å². The molecule has 2 aromatic rings. The lowest BCUT2D eigenvalue weighted by Crippen LogP contribution is -2.40.